The number of piperidine rings is 1. The fraction of sp³-hybridized carbons (Fsp3) is 0.609. The maximum atomic E-state index is 13.0. The molecule has 32 heavy (non-hydrogen) atoms. The molecular weight excluding hydrogens is 428 g/mol. The summed E-state index contributed by atoms with van der Waals surface area (Å²) in [5.74, 6) is 0.829. The van der Waals surface area contributed by atoms with Gasteiger partial charge in [0.1, 0.15) is 5.03 Å². The molecule has 1 amide bonds. The van der Waals surface area contributed by atoms with Crippen LogP contribution in [0.1, 0.15) is 26.7 Å². The van der Waals surface area contributed by atoms with Gasteiger partial charge in [0.2, 0.25) is 5.91 Å². The molecule has 0 aliphatic carbocycles. The number of morpholine rings is 1. The van der Waals surface area contributed by atoms with Gasteiger partial charge in [-0.25, -0.2) is 9.97 Å². The van der Waals surface area contributed by atoms with Gasteiger partial charge in [-0.15, -0.1) is 0 Å². The van der Waals surface area contributed by atoms with Crippen molar-refractivity contribution in [1.82, 2.24) is 14.9 Å². The minimum absolute atomic E-state index is 0.118. The molecule has 2 aromatic rings. The first-order valence-electron chi connectivity index (χ1n) is 11.4. The van der Waals surface area contributed by atoms with Crippen LogP contribution in [0.25, 0.3) is 11.0 Å². The highest BCUT2D eigenvalue weighted by atomic mass is 32.2. The molecule has 0 radical (unpaired) electrons. The zero-order valence-corrected chi connectivity index (χ0v) is 19.5. The summed E-state index contributed by atoms with van der Waals surface area (Å²) in [4.78, 5) is 26.9. The summed E-state index contributed by atoms with van der Waals surface area (Å²) >= 11 is 1.47. The average molecular weight is 459 g/mol. The number of anilines is 1. The van der Waals surface area contributed by atoms with E-state index in [0.717, 1.165) is 47.8 Å². The quantitative estimate of drug-likeness (QED) is 0.648. The molecule has 4 heterocycles. The lowest BCUT2D eigenvalue weighted by Gasteiger charge is -2.37. The number of carbonyl (C=O) groups is 1. The second-order valence-corrected chi connectivity index (χ2v) is 9.74. The number of likely N-dealkylation sites (tertiary alicyclic amines) is 1. The van der Waals surface area contributed by atoms with Crippen LogP contribution in [0.2, 0.25) is 0 Å². The number of fused-ring (bicyclic) bond motifs is 1. The van der Waals surface area contributed by atoms with Crippen molar-refractivity contribution in [2.24, 2.45) is 0 Å². The molecule has 172 valence electrons. The molecular formula is C23H30N4O4S. The molecule has 0 bridgehead atoms. The third kappa shape index (κ3) is 4.57. The Balaban J connectivity index is 1.31. The van der Waals surface area contributed by atoms with E-state index in [1.165, 1.54) is 11.8 Å². The number of hydrogen-bond acceptors (Lipinski definition) is 8. The Labute approximate surface area is 192 Å². The zero-order valence-electron chi connectivity index (χ0n) is 18.7. The maximum absolute atomic E-state index is 13.0. The number of amides is 1. The van der Waals surface area contributed by atoms with Crippen molar-refractivity contribution in [3.05, 3.63) is 24.3 Å². The normalized spacial score (nSPS) is 25.6. The van der Waals surface area contributed by atoms with Gasteiger partial charge in [0.15, 0.2) is 11.6 Å². The van der Waals surface area contributed by atoms with Gasteiger partial charge in [0, 0.05) is 39.0 Å². The fourth-order valence-electron chi connectivity index (χ4n) is 4.73. The van der Waals surface area contributed by atoms with E-state index in [2.05, 4.69) is 18.7 Å². The van der Waals surface area contributed by atoms with Gasteiger partial charge in [0.05, 0.1) is 42.2 Å². The number of nitrogens with zero attached hydrogens (tertiary/aromatic N) is 4. The molecule has 3 fully saturated rings. The third-order valence-electron chi connectivity index (χ3n) is 6.26. The van der Waals surface area contributed by atoms with E-state index in [9.17, 15) is 4.79 Å². The van der Waals surface area contributed by atoms with E-state index in [-0.39, 0.29) is 18.1 Å². The molecule has 3 aliphatic rings. The second kappa shape index (κ2) is 9.13. The predicted octanol–water partition coefficient (Wildman–Crippen LogP) is 2.70. The van der Waals surface area contributed by atoms with Crippen molar-refractivity contribution in [3.8, 4) is 0 Å². The molecule has 2 unspecified atom stereocenters. The van der Waals surface area contributed by atoms with Gasteiger partial charge in [0.25, 0.3) is 0 Å². The van der Waals surface area contributed by atoms with Crippen LogP contribution >= 0.6 is 11.8 Å². The molecule has 1 aromatic heterocycles. The minimum atomic E-state index is -0.468. The largest absolute Gasteiger partial charge is 0.372 e. The van der Waals surface area contributed by atoms with Crippen LogP contribution in [0.15, 0.2) is 29.3 Å². The van der Waals surface area contributed by atoms with Gasteiger partial charge in [-0.2, -0.15) is 0 Å². The zero-order chi connectivity index (χ0) is 22.1. The van der Waals surface area contributed by atoms with Crippen LogP contribution in [-0.4, -0.2) is 83.9 Å². The summed E-state index contributed by atoms with van der Waals surface area (Å²) < 4.78 is 17.5. The smallest absolute Gasteiger partial charge is 0.232 e. The maximum Gasteiger partial charge on any atom is 0.232 e. The van der Waals surface area contributed by atoms with Gasteiger partial charge in [-0.05, 0) is 26.0 Å². The van der Waals surface area contributed by atoms with Crippen LogP contribution in [0.3, 0.4) is 0 Å². The number of rotatable bonds is 4. The summed E-state index contributed by atoms with van der Waals surface area (Å²) in [7, 11) is 0. The van der Waals surface area contributed by atoms with Crippen LogP contribution in [0, 0.1) is 0 Å². The van der Waals surface area contributed by atoms with E-state index < -0.39 is 5.79 Å². The highest BCUT2D eigenvalue weighted by Crippen LogP contribution is 2.33. The Kier molecular flexibility index (Phi) is 6.24. The Hall–Kier alpha value is -1.94. The van der Waals surface area contributed by atoms with Crippen molar-refractivity contribution >= 4 is 34.5 Å². The molecule has 1 spiro atoms. The Morgan fingerprint density at radius 1 is 1.06 bits per heavy atom. The number of hydrogen-bond donors (Lipinski definition) is 0. The number of para-hydroxylation sites is 2. The summed E-state index contributed by atoms with van der Waals surface area (Å²) in [6.45, 7) is 8.28. The Morgan fingerprint density at radius 3 is 2.34 bits per heavy atom. The molecule has 3 saturated heterocycles. The molecule has 2 atom stereocenters. The van der Waals surface area contributed by atoms with Gasteiger partial charge >= 0.3 is 0 Å². The summed E-state index contributed by atoms with van der Waals surface area (Å²) in [6.07, 6.45) is 1.70. The highest BCUT2D eigenvalue weighted by molar-refractivity contribution is 8.00. The number of aromatic nitrogens is 2. The van der Waals surface area contributed by atoms with E-state index in [1.807, 2.05) is 29.2 Å². The third-order valence-corrected chi connectivity index (χ3v) is 7.20. The van der Waals surface area contributed by atoms with Crippen LogP contribution in [0.4, 0.5) is 5.82 Å². The Bertz CT molecular complexity index is 964. The lowest BCUT2D eigenvalue weighted by atomic mass is 10.0. The van der Waals surface area contributed by atoms with Crippen molar-refractivity contribution in [3.63, 3.8) is 0 Å². The predicted molar refractivity (Wildman–Crippen MR) is 123 cm³/mol. The van der Waals surface area contributed by atoms with Gasteiger partial charge in [-0.1, -0.05) is 23.9 Å². The van der Waals surface area contributed by atoms with Crippen LogP contribution in [0.5, 0.6) is 0 Å². The number of benzene rings is 1. The van der Waals surface area contributed by atoms with E-state index in [4.69, 9.17) is 24.2 Å². The van der Waals surface area contributed by atoms with Crippen molar-refractivity contribution < 1.29 is 19.0 Å². The van der Waals surface area contributed by atoms with Gasteiger partial charge < -0.3 is 24.0 Å². The molecule has 0 saturated carbocycles. The van der Waals surface area contributed by atoms with Gasteiger partial charge in [-0.3, -0.25) is 4.79 Å². The van der Waals surface area contributed by atoms with Crippen molar-refractivity contribution in [2.45, 2.75) is 49.7 Å². The first-order valence-corrected chi connectivity index (χ1v) is 12.4. The van der Waals surface area contributed by atoms with E-state index >= 15 is 0 Å². The van der Waals surface area contributed by atoms with Crippen LogP contribution in [-0.2, 0) is 19.0 Å². The topological polar surface area (TPSA) is 77.0 Å². The monoisotopic (exact) mass is 458 g/mol. The second-order valence-electron chi connectivity index (χ2n) is 8.78. The SMILES string of the molecule is CC1CN(c2nc3ccccc3nc2SCC(=O)N2CCC3(CC2)OCCO3)CC(C)O1. The number of carbonyl (C=O) groups excluding carboxylic acids is 1. The molecule has 5 rings (SSSR count). The Morgan fingerprint density at radius 2 is 1.69 bits per heavy atom. The summed E-state index contributed by atoms with van der Waals surface area (Å²) in [6, 6.07) is 7.89. The lowest BCUT2D eigenvalue weighted by Crippen LogP contribution is -2.47. The van der Waals surface area contributed by atoms with E-state index in [1.54, 1.807) is 0 Å². The summed E-state index contributed by atoms with van der Waals surface area (Å²) in [5.41, 5.74) is 1.71. The average Bonchev–Trinajstić information content (AvgIpc) is 3.24. The standard InChI is InChI=1S/C23H30N4O4S/c1-16-13-27(14-17(2)31-16)21-22(25-19-6-4-3-5-18(19)24-21)32-15-20(28)26-9-7-23(8-10-26)29-11-12-30-23/h3-6,16-17H,7-15H2,1-2H3. The van der Waals surface area contributed by atoms with Crippen molar-refractivity contribution in [2.75, 3.05) is 50.0 Å². The van der Waals surface area contributed by atoms with E-state index in [0.29, 0.717) is 32.1 Å². The molecule has 1 aromatic carbocycles. The fourth-order valence-corrected chi connectivity index (χ4v) is 5.64. The van der Waals surface area contributed by atoms with Crippen LogP contribution < -0.4 is 4.90 Å². The first kappa shape index (κ1) is 21.9. The molecule has 0 N–H and O–H groups in total. The highest BCUT2D eigenvalue weighted by Gasteiger charge is 2.40. The number of ether oxygens (including phenoxy) is 3. The van der Waals surface area contributed by atoms with Crippen molar-refractivity contribution in [1.29, 1.82) is 0 Å². The molecule has 8 nitrogen and oxygen atoms in total. The lowest BCUT2D eigenvalue weighted by molar-refractivity contribution is -0.186. The number of thioether (sulfide) groups is 1. The first-order chi connectivity index (χ1) is 15.5. The molecule has 3 aliphatic heterocycles. The minimum Gasteiger partial charge on any atom is -0.372 e. The summed E-state index contributed by atoms with van der Waals surface area (Å²) in [5, 5.41) is 0.800. The molecule has 9 heteroatoms.